The molecule has 0 radical (unpaired) electrons. The normalized spacial score (nSPS) is 10.8. The molecule has 1 amide bonds. The van der Waals surface area contributed by atoms with Gasteiger partial charge in [-0.05, 0) is 23.3 Å². The molecule has 3 aromatic heterocycles. The van der Waals surface area contributed by atoms with E-state index in [2.05, 4.69) is 15.3 Å². The van der Waals surface area contributed by atoms with Crippen molar-refractivity contribution in [1.82, 2.24) is 24.4 Å². The lowest BCUT2D eigenvalue weighted by molar-refractivity contribution is 0.0946. The molecule has 0 atom stereocenters. The van der Waals surface area contributed by atoms with Crippen LogP contribution in [0.15, 0.2) is 36.9 Å². The number of hydrogen-bond acceptors (Lipinski definition) is 5. The number of carbonyl (C=O) groups is 3. The summed E-state index contributed by atoms with van der Waals surface area (Å²) in [5.74, 6) is -0.163. The fourth-order valence-corrected chi connectivity index (χ4v) is 3.04. The number of hydrogen-bond donors (Lipinski definition) is 3. The van der Waals surface area contributed by atoms with Gasteiger partial charge in [-0.15, -0.1) is 0 Å². The first-order valence-electron chi connectivity index (χ1n) is 8.73. The summed E-state index contributed by atoms with van der Waals surface area (Å²) in [5, 5.41) is 2.49. The minimum absolute atomic E-state index is 0.0369. The number of rotatable bonds is 8. The van der Waals surface area contributed by atoms with Gasteiger partial charge in [0.2, 0.25) is 5.78 Å². The Morgan fingerprint density at radius 3 is 2.54 bits per heavy atom. The van der Waals surface area contributed by atoms with Crippen molar-refractivity contribution in [3.63, 3.8) is 0 Å². The highest BCUT2D eigenvalue weighted by molar-refractivity contribution is 5.98. The lowest BCUT2D eigenvalue weighted by Gasteiger charge is -2.00. The average molecular weight is 382 g/mol. The van der Waals surface area contributed by atoms with Crippen LogP contribution in [0.3, 0.4) is 0 Å². The summed E-state index contributed by atoms with van der Waals surface area (Å²) in [6.07, 6.45) is 6.98. The zero-order chi connectivity index (χ0) is 20.3. The van der Waals surface area contributed by atoms with Crippen molar-refractivity contribution in [3.8, 4) is 0 Å². The van der Waals surface area contributed by atoms with Crippen molar-refractivity contribution in [2.24, 2.45) is 19.8 Å². The number of ketones is 2. The van der Waals surface area contributed by atoms with E-state index in [4.69, 9.17) is 5.73 Å². The summed E-state index contributed by atoms with van der Waals surface area (Å²) >= 11 is 0. The van der Waals surface area contributed by atoms with Crippen molar-refractivity contribution < 1.29 is 14.4 Å². The number of Topliss-reactive ketones (excluding diaryl/α,β-unsaturated/α-hetero) is 2. The van der Waals surface area contributed by atoms with Gasteiger partial charge in [0.15, 0.2) is 11.6 Å². The molecule has 4 N–H and O–H groups in total. The standard InChI is InChI=1S/C19H22N6O3/c1-24-4-3-21-18(24)17(27)8-13-6-15(25(2)10-13)16(26)7-12-5-14(22-9-12)19(28)23-11-20/h3-6,9-10,22H,7-8,11,20H2,1-2H3,(H,23,28). The second-order valence-corrected chi connectivity index (χ2v) is 6.54. The molecule has 0 aliphatic rings. The van der Waals surface area contributed by atoms with E-state index in [1.165, 1.54) is 0 Å². The predicted octanol–water partition coefficient (Wildman–Crippen LogP) is 0.584. The number of aryl methyl sites for hydroxylation is 2. The van der Waals surface area contributed by atoms with Crippen molar-refractivity contribution in [1.29, 1.82) is 0 Å². The number of H-pyrrole nitrogens is 1. The van der Waals surface area contributed by atoms with Crippen LogP contribution >= 0.6 is 0 Å². The third kappa shape index (κ3) is 4.09. The van der Waals surface area contributed by atoms with E-state index in [0.717, 1.165) is 5.56 Å². The third-order valence-electron chi connectivity index (χ3n) is 4.40. The van der Waals surface area contributed by atoms with Crippen LogP contribution in [0.5, 0.6) is 0 Å². The number of nitrogens with two attached hydrogens (primary N) is 1. The molecule has 3 aromatic rings. The van der Waals surface area contributed by atoms with Crippen molar-refractivity contribution in [3.05, 3.63) is 65.3 Å². The first kappa shape index (κ1) is 19.3. The molecular formula is C19H22N6O3. The second kappa shape index (κ2) is 8.05. The van der Waals surface area contributed by atoms with Crippen LogP contribution in [-0.4, -0.2) is 43.2 Å². The Balaban J connectivity index is 1.69. The van der Waals surface area contributed by atoms with Crippen LogP contribution < -0.4 is 11.1 Å². The molecule has 0 saturated heterocycles. The molecule has 0 aliphatic carbocycles. The quantitative estimate of drug-likeness (QED) is 0.388. The summed E-state index contributed by atoms with van der Waals surface area (Å²) in [5.41, 5.74) is 7.58. The molecule has 0 aliphatic heterocycles. The van der Waals surface area contributed by atoms with Crippen LogP contribution in [0.2, 0.25) is 0 Å². The molecule has 0 bridgehead atoms. The van der Waals surface area contributed by atoms with Crippen molar-refractivity contribution in [2.75, 3.05) is 6.67 Å². The molecule has 0 fully saturated rings. The van der Waals surface area contributed by atoms with E-state index < -0.39 is 0 Å². The van der Waals surface area contributed by atoms with Gasteiger partial charge in [0.1, 0.15) is 5.69 Å². The lowest BCUT2D eigenvalue weighted by atomic mass is 10.1. The number of nitrogens with one attached hydrogen (secondary N) is 2. The fourth-order valence-electron chi connectivity index (χ4n) is 3.04. The highest BCUT2D eigenvalue weighted by Gasteiger charge is 2.18. The van der Waals surface area contributed by atoms with Gasteiger partial charge in [-0.1, -0.05) is 0 Å². The predicted molar refractivity (Wildman–Crippen MR) is 102 cm³/mol. The molecule has 0 aromatic carbocycles. The molecule has 3 rings (SSSR count). The smallest absolute Gasteiger partial charge is 0.268 e. The van der Waals surface area contributed by atoms with Crippen molar-refractivity contribution >= 4 is 17.5 Å². The van der Waals surface area contributed by atoms with Crippen LogP contribution in [-0.2, 0) is 26.9 Å². The van der Waals surface area contributed by atoms with Gasteiger partial charge in [0.05, 0.1) is 12.4 Å². The maximum Gasteiger partial charge on any atom is 0.268 e. The van der Waals surface area contributed by atoms with Gasteiger partial charge in [0, 0.05) is 51.7 Å². The average Bonchev–Trinajstić information content (AvgIpc) is 3.35. The Labute approximate surface area is 161 Å². The molecule has 0 unspecified atom stereocenters. The molecular weight excluding hydrogens is 360 g/mol. The van der Waals surface area contributed by atoms with Gasteiger partial charge < -0.3 is 25.2 Å². The van der Waals surface area contributed by atoms with Gasteiger partial charge in [0.25, 0.3) is 5.91 Å². The van der Waals surface area contributed by atoms with Gasteiger partial charge in [-0.2, -0.15) is 0 Å². The maximum absolute atomic E-state index is 12.7. The summed E-state index contributed by atoms with van der Waals surface area (Å²) in [7, 11) is 3.53. The second-order valence-electron chi connectivity index (χ2n) is 6.54. The monoisotopic (exact) mass is 382 g/mol. The Hall–Kier alpha value is -3.46. The fraction of sp³-hybridized carbons (Fsp3) is 0.263. The number of imidazole rings is 1. The number of amides is 1. The van der Waals surface area contributed by atoms with Gasteiger partial charge in [-0.25, -0.2) is 4.98 Å². The first-order chi connectivity index (χ1) is 13.4. The molecule has 28 heavy (non-hydrogen) atoms. The lowest BCUT2D eigenvalue weighted by Crippen LogP contribution is -2.29. The molecule has 9 heteroatoms. The number of aromatic nitrogens is 4. The Morgan fingerprint density at radius 1 is 1.11 bits per heavy atom. The maximum atomic E-state index is 12.7. The number of carbonyl (C=O) groups excluding carboxylic acids is 3. The number of nitrogens with zero attached hydrogens (tertiary/aromatic N) is 3. The largest absolute Gasteiger partial charge is 0.357 e. The van der Waals surface area contributed by atoms with Crippen LogP contribution in [0.4, 0.5) is 0 Å². The van der Waals surface area contributed by atoms with Crippen LogP contribution in [0.25, 0.3) is 0 Å². The highest BCUT2D eigenvalue weighted by Crippen LogP contribution is 2.14. The Bertz CT molecular complexity index is 1030. The third-order valence-corrected chi connectivity index (χ3v) is 4.40. The van der Waals surface area contributed by atoms with E-state index in [0.29, 0.717) is 22.8 Å². The van der Waals surface area contributed by atoms with Gasteiger partial charge >= 0.3 is 0 Å². The Kier molecular flexibility index (Phi) is 5.55. The van der Waals surface area contributed by atoms with E-state index >= 15 is 0 Å². The molecule has 146 valence electrons. The minimum atomic E-state index is -0.324. The van der Waals surface area contributed by atoms with E-state index in [1.54, 1.807) is 60.1 Å². The van der Waals surface area contributed by atoms with E-state index in [-0.39, 0.29) is 37.0 Å². The Morgan fingerprint density at radius 2 is 1.86 bits per heavy atom. The minimum Gasteiger partial charge on any atom is -0.357 e. The zero-order valence-corrected chi connectivity index (χ0v) is 15.7. The summed E-state index contributed by atoms with van der Waals surface area (Å²) in [6, 6.07) is 3.34. The highest BCUT2D eigenvalue weighted by atomic mass is 16.2. The molecule has 0 saturated carbocycles. The summed E-state index contributed by atoms with van der Waals surface area (Å²) in [6.45, 7) is 0.0369. The summed E-state index contributed by atoms with van der Waals surface area (Å²) < 4.78 is 3.37. The van der Waals surface area contributed by atoms with E-state index in [1.807, 2.05) is 0 Å². The van der Waals surface area contributed by atoms with Gasteiger partial charge in [-0.3, -0.25) is 14.4 Å². The molecule has 3 heterocycles. The summed E-state index contributed by atoms with van der Waals surface area (Å²) in [4.78, 5) is 43.7. The van der Waals surface area contributed by atoms with E-state index in [9.17, 15) is 14.4 Å². The SMILES string of the molecule is Cn1cc(CC(=O)c2nccn2C)cc1C(=O)Cc1c[nH]c(C(=O)NCN)c1. The molecule has 0 spiro atoms. The first-order valence-corrected chi connectivity index (χ1v) is 8.73. The molecule has 9 nitrogen and oxygen atoms in total. The van der Waals surface area contributed by atoms with Crippen molar-refractivity contribution in [2.45, 2.75) is 12.8 Å². The topological polar surface area (TPSA) is 128 Å². The zero-order valence-electron chi connectivity index (χ0n) is 15.7. The van der Waals surface area contributed by atoms with Crippen LogP contribution in [0.1, 0.15) is 42.7 Å². The van der Waals surface area contributed by atoms with Crippen LogP contribution in [0, 0.1) is 0 Å². The number of aromatic amines is 1.